The highest BCUT2D eigenvalue weighted by Gasteiger charge is 2.53. The van der Waals surface area contributed by atoms with E-state index in [0.29, 0.717) is 19.3 Å². The predicted octanol–water partition coefficient (Wildman–Crippen LogP) is 8.38. The van der Waals surface area contributed by atoms with Crippen molar-refractivity contribution in [3.05, 3.63) is 60.8 Å². The summed E-state index contributed by atoms with van der Waals surface area (Å²) in [6, 6.07) is -0.882. The van der Waals surface area contributed by atoms with Crippen LogP contribution in [0.5, 0.6) is 0 Å². The van der Waals surface area contributed by atoms with Gasteiger partial charge >= 0.3 is 0 Å². The van der Waals surface area contributed by atoms with Gasteiger partial charge in [-0.25, -0.2) is 0 Å². The summed E-state index contributed by atoms with van der Waals surface area (Å²) in [4.78, 5) is 13.2. The molecule has 0 saturated carbocycles. The summed E-state index contributed by atoms with van der Waals surface area (Å²) in [5.74, 6) is -0.253. The lowest BCUT2D eigenvalue weighted by Gasteiger charge is -2.48. The predicted molar refractivity (Wildman–Crippen MR) is 337 cm³/mol. The lowest BCUT2D eigenvalue weighted by molar-refractivity contribution is -0.379. The number of hydrogen-bond donors (Lipinski definition) is 12. The first-order valence-corrected chi connectivity index (χ1v) is 34.0. The van der Waals surface area contributed by atoms with Crippen LogP contribution in [0.25, 0.3) is 0 Å². The molecular formula is C68H121NO18. The minimum absolute atomic E-state index is 0.253. The molecule has 3 saturated heterocycles. The lowest BCUT2D eigenvalue weighted by atomic mass is 9.96. The fourth-order valence-electron chi connectivity index (χ4n) is 11.3. The van der Waals surface area contributed by atoms with Crippen molar-refractivity contribution in [2.24, 2.45) is 0 Å². The normalized spacial score (nSPS) is 29.0. The molecule has 0 aromatic carbocycles. The van der Waals surface area contributed by atoms with Gasteiger partial charge in [0.2, 0.25) is 5.91 Å². The maximum atomic E-state index is 13.2. The van der Waals surface area contributed by atoms with Crippen LogP contribution in [-0.2, 0) is 33.2 Å². The van der Waals surface area contributed by atoms with Gasteiger partial charge in [-0.1, -0.05) is 229 Å². The molecule has 0 spiro atoms. The van der Waals surface area contributed by atoms with Crippen LogP contribution >= 0.6 is 0 Å². The smallest absolute Gasteiger partial charge is 0.220 e. The molecule has 3 rings (SSSR count). The van der Waals surface area contributed by atoms with Crippen LogP contribution in [0.2, 0.25) is 0 Å². The van der Waals surface area contributed by atoms with Crippen molar-refractivity contribution < 1.29 is 89.4 Å². The zero-order valence-electron chi connectivity index (χ0n) is 53.2. The van der Waals surface area contributed by atoms with Crippen molar-refractivity contribution in [2.45, 2.75) is 336 Å². The van der Waals surface area contributed by atoms with Crippen LogP contribution in [0.4, 0.5) is 0 Å². The Morgan fingerprint density at radius 3 is 1.22 bits per heavy atom. The van der Waals surface area contributed by atoms with E-state index in [2.05, 4.69) is 73.0 Å². The van der Waals surface area contributed by atoms with Crippen molar-refractivity contribution >= 4 is 5.91 Å². The molecule has 87 heavy (non-hydrogen) atoms. The van der Waals surface area contributed by atoms with E-state index in [9.17, 15) is 61.0 Å². The van der Waals surface area contributed by atoms with Gasteiger partial charge in [0.25, 0.3) is 0 Å². The van der Waals surface area contributed by atoms with Crippen LogP contribution < -0.4 is 5.32 Å². The highest BCUT2D eigenvalue weighted by molar-refractivity contribution is 5.76. The topological polar surface area (TPSA) is 307 Å². The molecule has 0 aromatic rings. The Labute approximate surface area is 522 Å². The number of carbonyl (C=O) groups excluding carboxylic acids is 1. The Balaban J connectivity index is 1.19. The first-order chi connectivity index (χ1) is 42.3. The van der Waals surface area contributed by atoms with Gasteiger partial charge < -0.3 is 89.9 Å². The molecule has 506 valence electrons. The van der Waals surface area contributed by atoms with Crippen LogP contribution in [0.1, 0.15) is 232 Å². The number of nitrogens with one attached hydrogen (secondary N) is 1. The minimum Gasteiger partial charge on any atom is -0.394 e. The first kappa shape index (κ1) is 78.7. The van der Waals surface area contributed by atoms with E-state index in [0.717, 1.165) is 64.2 Å². The Hall–Kier alpha value is -2.51. The van der Waals surface area contributed by atoms with Crippen molar-refractivity contribution in [1.29, 1.82) is 0 Å². The molecule has 0 radical (unpaired) electrons. The third-order valence-corrected chi connectivity index (χ3v) is 16.9. The molecule has 17 atom stereocenters. The van der Waals surface area contributed by atoms with Gasteiger partial charge in [-0.05, 0) is 57.8 Å². The highest BCUT2D eigenvalue weighted by atomic mass is 16.8. The van der Waals surface area contributed by atoms with Gasteiger partial charge in [0.1, 0.15) is 73.2 Å². The molecule has 12 N–H and O–H groups in total. The van der Waals surface area contributed by atoms with Gasteiger partial charge in [-0.3, -0.25) is 4.79 Å². The number of rotatable bonds is 51. The molecule has 19 heteroatoms. The summed E-state index contributed by atoms with van der Waals surface area (Å²) in [7, 11) is 0. The second-order valence-electron chi connectivity index (χ2n) is 24.3. The average molecular weight is 1240 g/mol. The van der Waals surface area contributed by atoms with E-state index in [1.807, 2.05) is 6.92 Å². The number of hydrogen-bond acceptors (Lipinski definition) is 18. The number of unbranched alkanes of at least 4 members (excludes halogenated alkanes) is 25. The maximum absolute atomic E-state index is 13.2. The van der Waals surface area contributed by atoms with Gasteiger partial charge in [0.05, 0.1) is 38.6 Å². The third-order valence-electron chi connectivity index (χ3n) is 16.9. The highest BCUT2D eigenvalue weighted by Crippen LogP contribution is 2.33. The monoisotopic (exact) mass is 1240 g/mol. The van der Waals surface area contributed by atoms with E-state index < -0.39 is 124 Å². The fourth-order valence-corrected chi connectivity index (χ4v) is 11.3. The van der Waals surface area contributed by atoms with Gasteiger partial charge in [0.15, 0.2) is 18.9 Å². The van der Waals surface area contributed by atoms with Gasteiger partial charge in [-0.2, -0.15) is 0 Å². The number of allylic oxidation sites excluding steroid dienone is 10. The molecule has 1 amide bonds. The van der Waals surface area contributed by atoms with Crippen molar-refractivity contribution in [1.82, 2.24) is 5.32 Å². The molecule has 0 bridgehead atoms. The molecule has 19 nitrogen and oxygen atoms in total. The second-order valence-corrected chi connectivity index (χ2v) is 24.3. The molecule has 3 aliphatic heterocycles. The largest absolute Gasteiger partial charge is 0.394 e. The molecule has 17 unspecified atom stereocenters. The molecule has 3 fully saturated rings. The maximum Gasteiger partial charge on any atom is 0.220 e. The first-order valence-electron chi connectivity index (χ1n) is 34.0. The number of aliphatic hydroxyl groups excluding tert-OH is 11. The van der Waals surface area contributed by atoms with Crippen molar-refractivity contribution in [3.63, 3.8) is 0 Å². The summed E-state index contributed by atoms with van der Waals surface area (Å²) < 4.78 is 34.1. The summed E-state index contributed by atoms with van der Waals surface area (Å²) in [6.07, 6.45) is 34.8. The Morgan fingerprint density at radius 1 is 0.425 bits per heavy atom. The Bertz CT molecular complexity index is 1820. The van der Waals surface area contributed by atoms with Gasteiger partial charge in [-0.15, -0.1) is 0 Å². The zero-order valence-corrected chi connectivity index (χ0v) is 53.2. The van der Waals surface area contributed by atoms with E-state index in [1.54, 1.807) is 0 Å². The standard InChI is InChI=1S/C68H121NO18/c1-3-5-7-8-9-10-11-12-13-14-15-16-17-18-19-20-21-22-23-24-25-26-27-28-29-30-31-32-33-34-35-36-37-38-39-40-41-42-44-46-56(74)69-51(52(73)45-43-6-4-2)50-82-66-62(80)59(77)64(54(48-71)84-66)87-68-63(81)60(78)65(55(49-72)85-68)86-67-61(79)58(76)57(75)53(47-70)83-67/h5,7,9-10,12-13,15-16,18-19,51-55,57-68,70-73,75-81H,3-4,6,8,11,14,17,20-50H2,1-2H3,(H,69,74)/b7-5-,10-9-,13-12-,16-15-,19-18-. The zero-order chi connectivity index (χ0) is 63.3. The van der Waals surface area contributed by atoms with Crippen molar-refractivity contribution in [3.8, 4) is 0 Å². The molecular weight excluding hydrogens is 1120 g/mol. The van der Waals surface area contributed by atoms with Crippen LogP contribution in [0.3, 0.4) is 0 Å². The second kappa shape index (κ2) is 50.1. The van der Waals surface area contributed by atoms with Crippen LogP contribution in [0.15, 0.2) is 60.8 Å². The third kappa shape index (κ3) is 32.6. The summed E-state index contributed by atoms with van der Waals surface area (Å²) in [5, 5.41) is 119. The quantitative estimate of drug-likeness (QED) is 0.0201. The average Bonchev–Trinajstić information content (AvgIpc) is 1.25. The number of ether oxygens (including phenoxy) is 6. The SMILES string of the molecule is CC/C=C\C/C=C\C/C=C\C/C=C\C/C=C\CCCCCCCCCCCCCCCCCCCCCCCCCC(=O)NC(COC1OC(CO)C(OC2OC(CO)C(OC3OC(CO)C(O)C(O)C3O)C(O)C2O)C(O)C1O)C(O)CCCCC. The van der Waals surface area contributed by atoms with E-state index >= 15 is 0 Å². The summed E-state index contributed by atoms with van der Waals surface area (Å²) >= 11 is 0. The number of aliphatic hydroxyl groups is 11. The fraction of sp³-hybridized carbons (Fsp3) is 0.838. The number of carbonyl (C=O) groups is 1. The molecule has 3 aliphatic rings. The van der Waals surface area contributed by atoms with Crippen LogP contribution in [-0.4, -0.2) is 193 Å². The lowest BCUT2D eigenvalue weighted by Crippen LogP contribution is -2.66. The molecule has 3 heterocycles. The van der Waals surface area contributed by atoms with Crippen LogP contribution in [0, 0.1) is 0 Å². The van der Waals surface area contributed by atoms with Crippen molar-refractivity contribution in [2.75, 3.05) is 26.4 Å². The van der Waals surface area contributed by atoms with E-state index in [-0.39, 0.29) is 18.9 Å². The summed E-state index contributed by atoms with van der Waals surface area (Å²) in [6.45, 7) is 1.49. The Kier molecular flexibility index (Phi) is 45.3. The van der Waals surface area contributed by atoms with E-state index in [1.165, 1.54) is 128 Å². The molecule has 0 aromatic heterocycles. The van der Waals surface area contributed by atoms with E-state index in [4.69, 9.17) is 28.4 Å². The minimum atomic E-state index is -1.97. The molecule has 0 aliphatic carbocycles. The Morgan fingerprint density at radius 2 is 0.793 bits per heavy atom. The summed E-state index contributed by atoms with van der Waals surface area (Å²) in [5.41, 5.74) is 0. The van der Waals surface area contributed by atoms with Gasteiger partial charge in [0, 0.05) is 6.42 Å². The number of amides is 1.